The lowest BCUT2D eigenvalue weighted by atomic mass is 9.97. The third kappa shape index (κ3) is 6.06. The molecular formula is C33H31FN6O5S. The average Bonchev–Trinajstić information content (AvgIpc) is 3.44. The maximum absolute atomic E-state index is 15.3. The summed E-state index contributed by atoms with van der Waals surface area (Å²) in [5, 5.41) is 21.4. The molecule has 0 bridgehead atoms. The molecule has 236 valence electrons. The number of aliphatic hydroxyl groups excluding tert-OH is 1. The molecule has 1 aliphatic carbocycles. The number of anilines is 2. The predicted molar refractivity (Wildman–Crippen MR) is 175 cm³/mol. The Morgan fingerprint density at radius 1 is 1.20 bits per heavy atom. The van der Waals surface area contributed by atoms with Crippen molar-refractivity contribution in [1.82, 2.24) is 24.6 Å². The van der Waals surface area contributed by atoms with Crippen LogP contribution in [0.25, 0.3) is 26.9 Å². The molecule has 0 fully saturated rings. The number of fused-ring (bicyclic) bond motifs is 3. The lowest BCUT2D eigenvalue weighted by Crippen LogP contribution is -2.26. The number of benzene rings is 1. The van der Waals surface area contributed by atoms with E-state index in [0.717, 1.165) is 41.8 Å². The van der Waals surface area contributed by atoms with Gasteiger partial charge in [-0.05, 0) is 61.1 Å². The number of amides is 1. The van der Waals surface area contributed by atoms with Crippen molar-refractivity contribution in [3.8, 4) is 22.7 Å². The fourth-order valence-corrected chi connectivity index (χ4v) is 6.90. The molecule has 0 atom stereocenters. The fourth-order valence-electron chi connectivity index (χ4n) is 5.61. The molecule has 1 aromatic carbocycles. The highest BCUT2D eigenvalue weighted by atomic mass is 32.1. The van der Waals surface area contributed by atoms with E-state index in [9.17, 15) is 19.5 Å². The van der Waals surface area contributed by atoms with Gasteiger partial charge in [-0.2, -0.15) is 14.8 Å². The SMILES string of the molecule is C=CC(=O)NCCOc1cccc(Nc2cc(-c3cc(F)cc(-n4ncc5c6c(sc5c4=O)CCCC6)c3CO)cn(C)c2=O)n1. The molecule has 1 aliphatic rings. The molecule has 0 saturated carbocycles. The highest BCUT2D eigenvalue weighted by Crippen LogP contribution is 2.35. The van der Waals surface area contributed by atoms with E-state index in [0.29, 0.717) is 21.6 Å². The Labute approximate surface area is 266 Å². The van der Waals surface area contributed by atoms with Crippen LogP contribution in [0.3, 0.4) is 0 Å². The van der Waals surface area contributed by atoms with E-state index in [1.165, 1.54) is 50.7 Å². The number of nitrogens with zero attached hydrogens (tertiary/aromatic N) is 4. The minimum Gasteiger partial charge on any atom is -0.476 e. The molecule has 4 aromatic heterocycles. The Kier molecular flexibility index (Phi) is 8.77. The molecule has 6 rings (SSSR count). The minimum absolute atomic E-state index is 0.120. The van der Waals surface area contributed by atoms with Crippen LogP contribution in [0.1, 0.15) is 28.8 Å². The standard InChI is InChI=1S/C33H31FN6O5S/c1-3-29(42)35-11-12-45-30-10-6-9-28(38-30)37-25-13-19(17-39(2)32(25)43)22-14-20(34)15-26(24(22)18-41)40-33(44)31-23(16-36-40)21-7-4-5-8-27(21)46-31/h3,6,9-10,13-17,41H,1,4-5,7-8,11-12,18H2,2H3,(H,35,42)(H,37,38). The molecule has 0 unspecified atom stereocenters. The van der Waals surface area contributed by atoms with E-state index in [1.54, 1.807) is 31.4 Å². The summed E-state index contributed by atoms with van der Waals surface area (Å²) in [6, 6.07) is 8.94. The van der Waals surface area contributed by atoms with Gasteiger partial charge in [0.1, 0.15) is 28.6 Å². The van der Waals surface area contributed by atoms with Gasteiger partial charge in [0.15, 0.2) is 0 Å². The summed E-state index contributed by atoms with van der Waals surface area (Å²) in [4.78, 5) is 43.7. The van der Waals surface area contributed by atoms with Crippen LogP contribution in [-0.2, 0) is 31.3 Å². The number of rotatable bonds is 10. The Hall–Kier alpha value is -5.14. The highest BCUT2D eigenvalue weighted by Gasteiger charge is 2.22. The van der Waals surface area contributed by atoms with Gasteiger partial charge >= 0.3 is 0 Å². The van der Waals surface area contributed by atoms with Gasteiger partial charge in [-0.3, -0.25) is 14.4 Å². The number of aryl methyl sites for hydroxylation is 3. The van der Waals surface area contributed by atoms with Crippen LogP contribution in [0, 0.1) is 5.82 Å². The van der Waals surface area contributed by atoms with E-state index in [4.69, 9.17) is 4.74 Å². The summed E-state index contributed by atoms with van der Waals surface area (Å²) < 4.78 is 23.9. The first-order chi connectivity index (χ1) is 22.3. The average molecular weight is 643 g/mol. The summed E-state index contributed by atoms with van der Waals surface area (Å²) in [5.41, 5.74) is 1.66. The van der Waals surface area contributed by atoms with Crippen LogP contribution >= 0.6 is 11.3 Å². The normalized spacial score (nSPS) is 12.5. The smallest absolute Gasteiger partial charge is 0.289 e. The van der Waals surface area contributed by atoms with Crippen molar-refractivity contribution < 1.29 is 19.0 Å². The monoisotopic (exact) mass is 642 g/mol. The maximum atomic E-state index is 15.3. The van der Waals surface area contributed by atoms with E-state index in [2.05, 4.69) is 27.3 Å². The summed E-state index contributed by atoms with van der Waals surface area (Å²) in [6.07, 6.45) is 8.31. The second-order valence-electron chi connectivity index (χ2n) is 10.8. The van der Waals surface area contributed by atoms with Crippen molar-refractivity contribution in [2.75, 3.05) is 18.5 Å². The number of carbonyl (C=O) groups is 1. The molecule has 3 N–H and O–H groups in total. The zero-order valence-corrected chi connectivity index (χ0v) is 25.8. The molecule has 13 heteroatoms. The summed E-state index contributed by atoms with van der Waals surface area (Å²) in [5.74, 6) is -0.375. The van der Waals surface area contributed by atoms with Crippen LogP contribution in [0.2, 0.25) is 0 Å². The summed E-state index contributed by atoms with van der Waals surface area (Å²) >= 11 is 1.46. The first-order valence-electron chi connectivity index (χ1n) is 14.7. The number of hydrogen-bond donors (Lipinski definition) is 3. The van der Waals surface area contributed by atoms with E-state index < -0.39 is 12.4 Å². The highest BCUT2D eigenvalue weighted by molar-refractivity contribution is 7.19. The van der Waals surface area contributed by atoms with Crippen molar-refractivity contribution in [3.05, 3.63) is 104 Å². The van der Waals surface area contributed by atoms with E-state index >= 15 is 4.39 Å². The second-order valence-corrected chi connectivity index (χ2v) is 11.9. The molecule has 4 heterocycles. The number of aromatic nitrogens is 4. The Bertz CT molecular complexity index is 2100. The topological polar surface area (TPSA) is 140 Å². The first-order valence-corrected chi connectivity index (χ1v) is 15.5. The number of ether oxygens (including phenoxy) is 1. The fraction of sp³-hybridized carbons (Fsp3) is 0.242. The molecular weight excluding hydrogens is 611 g/mol. The van der Waals surface area contributed by atoms with E-state index in [-0.39, 0.29) is 53.0 Å². The predicted octanol–water partition coefficient (Wildman–Crippen LogP) is 4.14. The number of carbonyl (C=O) groups excluding carboxylic acids is 1. The third-order valence-corrected chi connectivity index (χ3v) is 9.09. The number of nitrogens with one attached hydrogen (secondary N) is 2. The van der Waals surface area contributed by atoms with Crippen LogP contribution in [0.5, 0.6) is 5.88 Å². The lowest BCUT2D eigenvalue weighted by Gasteiger charge is -2.17. The number of aliphatic hydroxyl groups is 1. The number of pyridine rings is 2. The van der Waals surface area contributed by atoms with Gasteiger partial charge in [-0.25, -0.2) is 4.39 Å². The van der Waals surface area contributed by atoms with Gasteiger partial charge in [0.2, 0.25) is 11.8 Å². The van der Waals surface area contributed by atoms with Crippen LogP contribution in [0.4, 0.5) is 15.9 Å². The van der Waals surface area contributed by atoms with Gasteiger partial charge in [-0.1, -0.05) is 12.6 Å². The van der Waals surface area contributed by atoms with Crippen molar-refractivity contribution in [2.45, 2.75) is 32.3 Å². The zero-order valence-electron chi connectivity index (χ0n) is 25.0. The second kappa shape index (κ2) is 13.1. The van der Waals surface area contributed by atoms with Crippen molar-refractivity contribution in [2.24, 2.45) is 7.05 Å². The molecule has 0 aliphatic heterocycles. The van der Waals surface area contributed by atoms with Crippen LogP contribution in [0.15, 0.2) is 71.0 Å². The molecule has 5 aromatic rings. The Morgan fingerprint density at radius 3 is 2.83 bits per heavy atom. The van der Waals surface area contributed by atoms with Gasteiger partial charge in [0.25, 0.3) is 11.1 Å². The van der Waals surface area contributed by atoms with Gasteiger partial charge in [0.05, 0.1) is 25.0 Å². The zero-order chi connectivity index (χ0) is 32.4. The van der Waals surface area contributed by atoms with Gasteiger partial charge in [-0.15, -0.1) is 11.3 Å². The van der Waals surface area contributed by atoms with Crippen molar-refractivity contribution in [3.63, 3.8) is 0 Å². The molecule has 0 radical (unpaired) electrons. The first kappa shape index (κ1) is 30.9. The summed E-state index contributed by atoms with van der Waals surface area (Å²) in [6.45, 7) is 3.30. The van der Waals surface area contributed by atoms with Crippen molar-refractivity contribution in [1.29, 1.82) is 0 Å². The molecule has 0 spiro atoms. The van der Waals surface area contributed by atoms with Crippen LogP contribution < -0.4 is 26.5 Å². The number of thiophene rings is 1. The number of hydrogen-bond acceptors (Lipinski definition) is 9. The number of halogens is 1. The van der Waals surface area contributed by atoms with Crippen molar-refractivity contribution >= 4 is 38.8 Å². The van der Waals surface area contributed by atoms with Crippen LogP contribution in [-0.4, -0.2) is 43.5 Å². The van der Waals surface area contributed by atoms with Gasteiger partial charge in [0, 0.05) is 46.8 Å². The van der Waals surface area contributed by atoms with E-state index in [1.807, 2.05) is 0 Å². The molecule has 46 heavy (non-hydrogen) atoms. The van der Waals surface area contributed by atoms with Gasteiger partial charge < -0.3 is 25.0 Å². The third-order valence-electron chi connectivity index (χ3n) is 7.80. The Balaban J connectivity index is 1.35. The minimum atomic E-state index is -0.638. The maximum Gasteiger partial charge on any atom is 0.289 e. The molecule has 1 amide bonds. The largest absolute Gasteiger partial charge is 0.476 e. The Morgan fingerprint density at radius 2 is 2.02 bits per heavy atom. The molecule has 11 nitrogen and oxygen atoms in total. The summed E-state index contributed by atoms with van der Waals surface area (Å²) in [7, 11) is 1.55. The molecule has 0 saturated heterocycles. The quantitative estimate of drug-likeness (QED) is 0.153. The lowest BCUT2D eigenvalue weighted by molar-refractivity contribution is -0.116.